The fourth-order valence-electron chi connectivity index (χ4n) is 16.6. The van der Waals surface area contributed by atoms with Crippen LogP contribution < -0.4 is 19.1 Å². The number of anilines is 1. The van der Waals surface area contributed by atoms with E-state index < -0.39 is 0 Å². The summed E-state index contributed by atoms with van der Waals surface area (Å²) in [6.45, 7) is 23.1. The van der Waals surface area contributed by atoms with E-state index in [0.717, 1.165) is 115 Å². The quantitative estimate of drug-likeness (QED) is 0.168. The Morgan fingerprint density at radius 1 is 0.370 bits per heavy atom. The first-order valence-corrected chi connectivity index (χ1v) is 36.4. The van der Waals surface area contributed by atoms with E-state index in [9.17, 15) is 0 Å². The second-order valence-corrected chi connectivity index (χ2v) is 29.2. The molecule has 9 aliphatic heterocycles. The lowest BCUT2D eigenvalue weighted by molar-refractivity contribution is -0.127. The molecular weight excluding hydrogens is 1240 g/mol. The topological polar surface area (TPSA) is 75.3 Å². The molecule has 0 aromatic heterocycles. The summed E-state index contributed by atoms with van der Waals surface area (Å²) in [5, 5.41) is 0. The highest BCUT2D eigenvalue weighted by molar-refractivity contribution is 5.50. The second-order valence-electron chi connectivity index (χ2n) is 29.2. The van der Waals surface area contributed by atoms with Gasteiger partial charge < -0.3 is 62.9 Å². The van der Waals surface area contributed by atoms with Gasteiger partial charge >= 0.3 is 0 Å². The molecule has 5 aromatic carbocycles. The van der Waals surface area contributed by atoms with Crippen molar-refractivity contribution in [1.29, 1.82) is 0 Å². The summed E-state index contributed by atoms with van der Waals surface area (Å²) in [5.74, 6) is 3.99. The van der Waals surface area contributed by atoms with Gasteiger partial charge in [0.25, 0.3) is 0 Å². The summed E-state index contributed by atoms with van der Waals surface area (Å²) < 4.78 is 28.2. The van der Waals surface area contributed by atoms with Gasteiger partial charge in [-0.05, 0) is 208 Å². The number of fused-ring (bicyclic) bond motifs is 5. The molecule has 100 heavy (non-hydrogen) atoms. The van der Waals surface area contributed by atoms with Gasteiger partial charge in [-0.25, -0.2) is 0 Å². The first-order chi connectivity index (χ1) is 45.8. The number of nitrogens with zero attached hydrogens (tertiary/aromatic N) is 9. The number of piperidine rings is 2. The Morgan fingerprint density at radius 3 is 1.38 bits per heavy atom. The molecule has 0 amide bonds. The molecule has 2 saturated carbocycles. The maximum atomic E-state index is 6.36. The lowest BCUT2D eigenvalue weighted by Crippen LogP contribution is -2.50. The van der Waals surface area contributed by atoms with E-state index in [-0.39, 0.29) is 55.8 Å². The standard InChI is InChI=1S/C15H19NO.C13H17NO.C12H18N2O.C12H17NO2.C11H22N2.C10H13N.C7H15N.6CH4/c1-16-8-12-6-7-13(9-16)15(12)14-5-3-2-4-11(14)10-17-15;1-14-8-6-13(7-9-14)12-5-3-2-4-11(12)10-15-13;1-13-7-9-14(10-8-13)11-3-5-12(15-2)6-4-11;1-13-5-4-9-6-11(14-2)12(15-3)7-10(9)8-13;1-12-7-9-13(10-8-12)11-5-3-2-4-6-11;1-11-7-6-9-4-2-3-5-10(9)8-11;1-8-6-4-2-3-5-7-8;;;;;;/h2-5,12-13H,6-10H2,1H3;2-5H,6-10H2,1H3;3-6H,7-10H2,1-2H3;6-7H,4-5,8H2,1-3H3;11H,2-10H2,1H3;2-5H,6-8H2,1H3;2-7H2,1H3;6*1H4. The first-order valence-electron chi connectivity index (χ1n) is 36.4. The fraction of sp³-hybridized carbons (Fsp3) is 0.651. The molecule has 16 rings (SSSR count). The maximum absolute atomic E-state index is 6.36. The van der Waals surface area contributed by atoms with E-state index in [1.54, 1.807) is 21.3 Å². The molecule has 7 fully saturated rings. The van der Waals surface area contributed by atoms with Crippen LogP contribution in [0.4, 0.5) is 5.69 Å². The van der Waals surface area contributed by atoms with Crippen molar-refractivity contribution < 1.29 is 23.7 Å². The van der Waals surface area contributed by atoms with Gasteiger partial charge in [-0.15, -0.1) is 0 Å². The Hall–Kier alpha value is -5.10. The van der Waals surface area contributed by atoms with Crippen LogP contribution in [0.25, 0.3) is 0 Å². The minimum absolute atomic E-state index is 0. The van der Waals surface area contributed by atoms with Crippen LogP contribution in [0, 0.1) is 11.8 Å². The smallest absolute Gasteiger partial charge is 0.161 e. The van der Waals surface area contributed by atoms with Crippen LogP contribution in [0.1, 0.15) is 173 Å². The molecule has 5 aromatic rings. The zero-order valence-electron chi connectivity index (χ0n) is 59.9. The zero-order valence-corrected chi connectivity index (χ0v) is 59.9. The highest BCUT2D eigenvalue weighted by Crippen LogP contribution is 2.57. The van der Waals surface area contributed by atoms with Gasteiger partial charge in [0.15, 0.2) is 11.5 Å². The lowest BCUT2D eigenvalue weighted by atomic mass is 9.75. The average molecular weight is 1390 g/mol. The summed E-state index contributed by atoms with van der Waals surface area (Å²) in [7, 11) is 20.4. The zero-order chi connectivity index (χ0) is 65.9. The number of piperazine rings is 2. The second kappa shape index (κ2) is 43.2. The predicted molar refractivity (Wildman–Crippen MR) is 427 cm³/mol. The van der Waals surface area contributed by atoms with Crippen LogP contribution >= 0.6 is 0 Å². The van der Waals surface area contributed by atoms with Gasteiger partial charge in [0.05, 0.1) is 40.1 Å². The number of rotatable bonds is 5. The van der Waals surface area contributed by atoms with Crippen molar-refractivity contribution in [1.82, 2.24) is 39.2 Å². The summed E-state index contributed by atoms with van der Waals surface area (Å²) in [6, 6.07) is 39.7. The Labute approximate surface area is 613 Å². The Kier molecular flexibility index (Phi) is 37.8. The Balaban J connectivity index is 0.000000247. The minimum atomic E-state index is 0. The van der Waals surface area contributed by atoms with Gasteiger partial charge in [0.1, 0.15) is 11.4 Å². The van der Waals surface area contributed by atoms with Crippen molar-refractivity contribution in [2.45, 2.75) is 184 Å². The van der Waals surface area contributed by atoms with Gasteiger partial charge in [0.2, 0.25) is 0 Å². The van der Waals surface area contributed by atoms with Crippen molar-refractivity contribution in [3.63, 3.8) is 0 Å². The molecule has 2 aliphatic carbocycles. The van der Waals surface area contributed by atoms with Crippen LogP contribution in [-0.4, -0.2) is 221 Å². The molecule has 0 radical (unpaired) electrons. The molecule has 564 valence electrons. The number of methoxy groups -OCH3 is 3. The third-order valence-electron chi connectivity index (χ3n) is 22.5. The molecular formula is C86H145N9O5. The first kappa shape index (κ1) is 87.3. The largest absolute Gasteiger partial charge is 0.497 e. The van der Waals surface area contributed by atoms with Crippen molar-refractivity contribution in [3.8, 4) is 17.2 Å². The van der Waals surface area contributed by atoms with Gasteiger partial charge in [0, 0.05) is 128 Å². The van der Waals surface area contributed by atoms with E-state index in [1.807, 2.05) is 12.1 Å². The average Bonchev–Trinajstić information content (AvgIpc) is 1.57. The number of likely N-dealkylation sites (tertiary alicyclic amines) is 3. The predicted octanol–water partition coefficient (Wildman–Crippen LogP) is 16.2. The van der Waals surface area contributed by atoms with Crippen LogP contribution in [0.5, 0.6) is 17.2 Å². The molecule has 11 aliphatic rings. The van der Waals surface area contributed by atoms with Gasteiger partial charge in [-0.2, -0.15) is 0 Å². The van der Waals surface area contributed by atoms with E-state index in [4.69, 9.17) is 23.7 Å². The van der Waals surface area contributed by atoms with Crippen molar-refractivity contribution >= 4 is 5.69 Å². The summed E-state index contributed by atoms with van der Waals surface area (Å²) >= 11 is 0. The van der Waals surface area contributed by atoms with Crippen LogP contribution in [0.3, 0.4) is 0 Å². The van der Waals surface area contributed by atoms with Crippen molar-refractivity contribution in [3.05, 3.63) is 154 Å². The van der Waals surface area contributed by atoms with E-state index >= 15 is 0 Å². The number of hydrogen-bond acceptors (Lipinski definition) is 14. The van der Waals surface area contributed by atoms with E-state index in [1.165, 1.54) is 186 Å². The van der Waals surface area contributed by atoms with Crippen LogP contribution in [0.15, 0.2) is 109 Å². The Morgan fingerprint density at radius 2 is 0.820 bits per heavy atom. The third-order valence-corrected chi connectivity index (χ3v) is 22.5. The molecule has 2 spiro atoms. The number of benzene rings is 5. The summed E-state index contributed by atoms with van der Waals surface area (Å²) in [6.07, 6.45) is 20.3. The molecule has 2 unspecified atom stereocenters. The van der Waals surface area contributed by atoms with Crippen LogP contribution in [0.2, 0.25) is 0 Å². The maximum Gasteiger partial charge on any atom is 0.161 e. The van der Waals surface area contributed by atoms with Crippen molar-refractivity contribution in [2.24, 2.45) is 11.8 Å². The van der Waals surface area contributed by atoms with Crippen molar-refractivity contribution in [2.75, 3.05) is 180 Å². The minimum Gasteiger partial charge on any atom is -0.497 e. The number of hydrogen-bond donors (Lipinski definition) is 0. The summed E-state index contributed by atoms with van der Waals surface area (Å²) in [5.41, 5.74) is 12.9. The fourth-order valence-corrected chi connectivity index (χ4v) is 16.6. The van der Waals surface area contributed by atoms with Crippen LogP contribution in [-0.2, 0) is 59.8 Å². The number of likely N-dealkylation sites (N-methyl/N-ethyl adjacent to an activating group) is 4. The highest BCUT2D eigenvalue weighted by Gasteiger charge is 2.58. The molecule has 0 N–H and O–H groups in total. The van der Waals surface area contributed by atoms with E-state index in [0.29, 0.717) is 11.8 Å². The number of ether oxygens (including phenoxy) is 5. The van der Waals surface area contributed by atoms with E-state index in [2.05, 4.69) is 190 Å². The third kappa shape index (κ3) is 23.2. The molecule has 14 nitrogen and oxygen atoms in total. The molecule has 5 saturated heterocycles. The molecule has 2 atom stereocenters. The SMILES string of the molecule is C.C.C.C.C.C.CN1CC2CCC(C1)C21OCc2ccccc21.CN1CCC2(CC1)OCc1ccccc12.CN1CCCCCC1.CN1CCN(C2CCCCC2)CC1.CN1CCc2ccccc2C1.COc1cc2c(cc1OC)CN(C)CC2.COc1ccc(N2CCN(C)CC2)cc1. The molecule has 2 bridgehead atoms. The molecule has 14 heteroatoms. The Bertz CT molecular complexity index is 3020. The monoisotopic (exact) mass is 1380 g/mol. The van der Waals surface area contributed by atoms with Gasteiger partial charge in [-0.1, -0.05) is 149 Å². The normalized spacial score (nSPS) is 23.3. The highest BCUT2D eigenvalue weighted by atomic mass is 16.5. The lowest BCUT2D eigenvalue weighted by Gasteiger charge is -2.44. The van der Waals surface area contributed by atoms with Gasteiger partial charge in [-0.3, -0.25) is 4.90 Å². The summed E-state index contributed by atoms with van der Waals surface area (Å²) in [4.78, 5) is 21.9. The molecule has 9 heterocycles.